The molecular weight excluding hydrogens is 357 g/mol. The predicted molar refractivity (Wildman–Crippen MR) is 107 cm³/mol. The van der Waals surface area contributed by atoms with Crippen molar-refractivity contribution >= 4 is 11.8 Å². The van der Waals surface area contributed by atoms with Crippen LogP contribution in [0.3, 0.4) is 0 Å². The van der Waals surface area contributed by atoms with E-state index < -0.39 is 11.4 Å². The normalized spacial score (nSPS) is 14.5. The second-order valence-electron chi connectivity index (χ2n) is 7.81. The van der Waals surface area contributed by atoms with Gasteiger partial charge in [-0.3, -0.25) is 0 Å². The topological polar surface area (TPSA) is 56.6 Å². The number of carbonyl (C=O) groups is 1. The highest BCUT2D eigenvalue weighted by atomic mass is 19.1. The van der Waals surface area contributed by atoms with Crippen molar-refractivity contribution in [2.24, 2.45) is 0 Å². The van der Waals surface area contributed by atoms with E-state index in [1.807, 2.05) is 51.1 Å². The van der Waals surface area contributed by atoms with Gasteiger partial charge in [-0.15, -0.1) is 0 Å². The van der Waals surface area contributed by atoms with Crippen molar-refractivity contribution in [3.05, 3.63) is 53.8 Å². The number of nitrogens with zero attached hydrogens (tertiary/aromatic N) is 3. The van der Waals surface area contributed by atoms with Crippen molar-refractivity contribution in [3.63, 3.8) is 0 Å². The zero-order valence-corrected chi connectivity index (χ0v) is 16.4. The third-order valence-electron chi connectivity index (χ3n) is 4.59. The van der Waals surface area contributed by atoms with Crippen LogP contribution >= 0.6 is 0 Å². The largest absolute Gasteiger partial charge is 0.444 e. The first-order chi connectivity index (χ1) is 13.3. The van der Waals surface area contributed by atoms with E-state index >= 15 is 0 Å². The number of hydrogen-bond donors (Lipinski definition) is 0. The van der Waals surface area contributed by atoms with E-state index in [4.69, 9.17) is 10.00 Å². The lowest BCUT2D eigenvalue weighted by Crippen LogP contribution is -2.50. The van der Waals surface area contributed by atoms with Crippen molar-refractivity contribution in [2.45, 2.75) is 26.4 Å². The van der Waals surface area contributed by atoms with Gasteiger partial charge in [0.05, 0.1) is 5.56 Å². The Bertz CT molecular complexity index is 889. The molecular formula is C22H24FN3O2. The molecule has 0 N–H and O–H groups in total. The number of carbonyl (C=O) groups excluding carboxylic acids is 1. The van der Waals surface area contributed by atoms with Crippen LogP contribution in [0.4, 0.5) is 14.9 Å². The summed E-state index contributed by atoms with van der Waals surface area (Å²) in [6.45, 7) is 8.26. The summed E-state index contributed by atoms with van der Waals surface area (Å²) in [5, 5.41) is 8.84. The summed E-state index contributed by atoms with van der Waals surface area (Å²) in [4.78, 5) is 16.1. The van der Waals surface area contributed by atoms with Crippen LogP contribution < -0.4 is 4.90 Å². The number of nitriles is 1. The highest BCUT2D eigenvalue weighted by Gasteiger charge is 2.25. The summed E-state index contributed by atoms with van der Waals surface area (Å²) >= 11 is 0. The molecule has 0 bridgehead atoms. The van der Waals surface area contributed by atoms with Gasteiger partial charge >= 0.3 is 6.09 Å². The first-order valence-electron chi connectivity index (χ1n) is 9.30. The Kier molecular flexibility index (Phi) is 5.55. The standard InChI is InChI=1S/C22H24FN3O2/c1-22(2,3)28-21(27)26-12-10-25(11-13-26)19-8-6-16(7-9-19)17-4-5-18(15-24)20(23)14-17/h4-9,14H,10-13H2,1-3H3. The molecule has 0 atom stereocenters. The Morgan fingerprint density at radius 1 is 1.04 bits per heavy atom. The Morgan fingerprint density at radius 3 is 2.18 bits per heavy atom. The van der Waals surface area contributed by atoms with Crippen LogP contribution in [0.5, 0.6) is 0 Å². The number of amides is 1. The molecule has 0 aliphatic carbocycles. The van der Waals surface area contributed by atoms with Gasteiger partial charge in [-0.2, -0.15) is 5.26 Å². The Morgan fingerprint density at radius 2 is 1.64 bits per heavy atom. The summed E-state index contributed by atoms with van der Waals surface area (Å²) in [7, 11) is 0. The average molecular weight is 381 g/mol. The van der Waals surface area contributed by atoms with E-state index in [0.29, 0.717) is 13.1 Å². The minimum Gasteiger partial charge on any atom is -0.444 e. The van der Waals surface area contributed by atoms with Crippen LogP contribution in [0.15, 0.2) is 42.5 Å². The van der Waals surface area contributed by atoms with Crippen molar-refractivity contribution < 1.29 is 13.9 Å². The van der Waals surface area contributed by atoms with E-state index in [1.165, 1.54) is 12.1 Å². The molecule has 1 aliphatic rings. The average Bonchev–Trinajstić information content (AvgIpc) is 2.67. The maximum absolute atomic E-state index is 13.8. The van der Waals surface area contributed by atoms with E-state index in [-0.39, 0.29) is 11.7 Å². The molecule has 1 fully saturated rings. The molecule has 1 heterocycles. The molecule has 28 heavy (non-hydrogen) atoms. The first kappa shape index (κ1) is 19.7. The quantitative estimate of drug-likeness (QED) is 0.773. The zero-order chi connectivity index (χ0) is 20.3. The SMILES string of the molecule is CC(C)(C)OC(=O)N1CCN(c2ccc(-c3ccc(C#N)c(F)c3)cc2)CC1. The van der Waals surface area contributed by atoms with Gasteiger partial charge in [0.25, 0.3) is 0 Å². The Balaban J connectivity index is 1.63. The van der Waals surface area contributed by atoms with Gasteiger partial charge in [-0.1, -0.05) is 18.2 Å². The van der Waals surface area contributed by atoms with Gasteiger partial charge in [-0.25, -0.2) is 9.18 Å². The Hall–Kier alpha value is -3.07. The van der Waals surface area contributed by atoms with E-state index in [2.05, 4.69) is 4.90 Å². The molecule has 2 aromatic carbocycles. The van der Waals surface area contributed by atoms with Crippen molar-refractivity contribution in [2.75, 3.05) is 31.1 Å². The number of benzene rings is 2. The molecule has 0 saturated carbocycles. The van der Waals surface area contributed by atoms with Crippen LogP contribution in [0.1, 0.15) is 26.3 Å². The molecule has 1 saturated heterocycles. The molecule has 1 aliphatic heterocycles. The molecule has 1 amide bonds. The fraction of sp³-hybridized carbons (Fsp3) is 0.364. The summed E-state index contributed by atoms with van der Waals surface area (Å²) in [5.74, 6) is -0.512. The van der Waals surface area contributed by atoms with Gasteiger partial charge < -0.3 is 14.5 Å². The molecule has 2 aromatic rings. The van der Waals surface area contributed by atoms with Gasteiger partial charge in [0.1, 0.15) is 17.5 Å². The molecule has 0 radical (unpaired) electrons. The van der Waals surface area contributed by atoms with E-state index in [1.54, 1.807) is 11.0 Å². The van der Waals surface area contributed by atoms with Crippen molar-refractivity contribution in [1.82, 2.24) is 4.90 Å². The number of piperazine rings is 1. The minimum atomic E-state index is -0.512. The van der Waals surface area contributed by atoms with Crippen LogP contribution in [-0.4, -0.2) is 42.8 Å². The second kappa shape index (κ2) is 7.89. The number of halogens is 1. The lowest BCUT2D eigenvalue weighted by atomic mass is 10.0. The molecule has 6 heteroatoms. The maximum Gasteiger partial charge on any atom is 0.410 e. The Labute approximate surface area is 164 Å². The molecule has 5 nitrogen and oxygen atoms in total. The lowest BCUT2D eigenvalue weighted by Gasteiger charge is -2.36. The van der Waals surface area contributed by atoms with Crippen molar-refractivity contribution in [1.29, 1.82) is 5.26 Å². The number of hydrogen-bond acceptors (Lipinski definition) is 4. The fourth-order valence-corrected chi connectivity index (χ4v) is 3.12. The van der Waals surface area contributed by atoms with E-state index in [0.717, 1.165) is 29.9 Å². The van der Waals surface area contributed by atoms with Crippen molar-refractivity contribution in [3.8, 4) is 17.2 Å². The number of rotatable bonds is 2. The highest BCUT2D eigenvalue weighted by Crippen LogP contribution is 2.25. The molecule has 3 rings (SSSR count). The maximum atomic E-state index is 13.8. The third-order valence-corrected chi connectivity index (χ3v) is 4.59. The monoisotopic (exact) mass is 381 g/mol. The molecule has 0 aromatic heterocycles. The summed E-state index contributed by atoms with van der Waals surface area (Å²) < 4.78 is 19.3. The number of anilines is 1. The fourth-order valence-electron chi connectivity index (χ4n) is 3.12. The lowest BCUT2D eigenvalue weighted by molar-refractivity contribution is 0.0240. The van der Waals surface area contributed by atoms with Gasteiger partial charge in [0, 0.05) is 31.9 Å². The van der Waals surface area contributed by atoms with Crippen LogP contribution in [0.2, 0.25) is 0 Å². The van der Waals surface area contributed by atoms with E-state index in [9.17, 15) is 9.18 Å². The van der Waals surface area contributed by atoms with Gasteiger partial charge in [-0.05, 0) is 56.2 Å². The third kappa shape index (κ3) is 4.61. The summed E-state index contributed by atoms with van der Waals surface area (Å²) in [6.07, 6.45) is -0.273. The summed E-state index contributed by atoms with van der Waals surface area (Å²) in [6, 6.07) is 14.3. The molecule has 146 valence electrons. The van der Waals surface area contributed by atoms with Crippen LogP contribution in [-0.2, 0) is 4.74 Å². The number of ether oxygens (including phenoxy) is 1. The first-order valence-corrected chi connectivity index (χ1v) is 9.30. The van der Waals surface area contributed by atoms with Crippen LogP contribution in [0.25, 0.3) is 11.1 Å². The summed E-state index contributed by atoms with van der Waals surface area (Å²) in [5.41, 5.74) is 2.23. The minimum absolute atomic E-state index is 0.0447. The molecule has 0 spiro atoms. The highest BCUT2D eigenvalue weighted by molar-refractivity contribution is 5.69. The molecule has 0 unspecified atom stereocenters. The van der Waals surface area contributed by atoms with Gasteiger partial charge in [0.15, 0.2) is 0 Å². The predicted octanol–water partition coefficient (Wildman–Crippen LogP) is 4.42. The zero-order valence-electron chi connectivity index (χ0n) is 16.4. The second-order valence-corrected chi connectivity index (χ2v) is 7.81. The van der Waals surface area contributed by atoms with Crippen LogP contribution in [0, 0.1) is 17.1 Å². The smallest absolute Gasteiger partial charge is 0.410 e. The van der Waals surface area contributed by atoms with Gasteiger partial charge in [0.2, 0.25) is 0 Å².